The van der Waals surface area contributed by atoms with Crippen LogP contribution in [0.25, 0.3) is 10.6 Å². The Hall–Kier alpha value is -2.29. The zero-order chi connectivity index (χ0) is 18.6. The molecule has 0 bridgehead atoms. The number of hydrogen-bond donors (Lipinski definition) is 1. The van der Waals surface area contributed by atoms with Gasteiger partial charge in [0.25, 0.3) is 0 Å². The first-order chi connectivity index (χ1) is 12.5. The van der Waals surface area contributed by atoms with Gasteiger partial charge in [-0.2, -0.15) is 0 Å². The number of ether oxygens (including phenoxy) is 1. The summed E-state index contributed by atoms with van der Waals surface area (Å²) in [6.07, 6.45) is 0.417. The largest absolute Gasteiger partial charge is 0.497 e. The lowest BCUT2D eigenvalue weighted by Crippen LogP contribution is -2.26. The van der Waals surface area contributed by atoms with Crippen LogP contribution < -0.4 is 9.46 Å². The first kappa shape index (κ1) is 18.5. The predicted octanol–water partition coefficient (Wildman–Crippen LogP) is 3.48. The van der Waals surface area contributed by atoms with Crippen molar-refractivity contribution in [3.05, 3.63) is 65.4 Å². The van der Waals surface area contributed by atoms with E-state index in [1.54, 1.807) is 30.3 Å². The van der Waals surface area contributed by atoms with Crippen molar-refractivity contribution in [2.45, 2.75) is 11.3 Å². The Morgan fingerprint density at radius 2 is 1.88 bits per heavy atom. The first-order valence-corrected chi connectivity index (χ1v) is 10.2. The fraction of sp³-hybridized carbons (Fsp3) is 0.167. The van der Waals surface area contributed by atoms with Crippen LogP contribution in [0.3, 0.4) is 0 Å². The van der Waals surface area contributed by atoms with E-state index in [2.05, 4.69) is 9.71 Å². The molecule has 26 heavy (non-hydrogen) atoms. The molecule has 2 aromatic carbocycles. The molecular formula is C18H17FN2O3S2. The zero-order valence-corrected chi connectivity index (χ0v) is 15.6. The molecule has 0 saturated carbocycles. The van der Waals surface area contributed by atoms with Crippen LogP contribution in [0.1, 0.15) is 5.69 Å². The van der Waals surface area contributed by atoms with Crippen molar-refractivity contribution in [1.29, 1.82) is 0 Å². The second kappa shape index (κ2) is 7.94. The van der Waals surface area contributed by atoms with Gasteiger partial charge in [-0.05, 0) is 36.4 Å². The van der Waals surface area contributed by atoms with Crippen LogP contribution in [0, 0.1) is 5.82 Å². The van der Waals surface area contributed by atoms with Crippen LogP contribution in [-0.4, -0.2) is 27.1 Å². The Kier molecular flexibility index (Phi) is 5.65. The van der Waals surface area contributed by atoms with Crippen molar-refractivity contribution in [2.75, 3.05) is 13.7 Å². The lowest BCUT2D eigenvalue weighted by Gasteiger charge is -2.07. The highest BCUT2D eigenvalue weighted by molar-refractivity contribution is 7.89. The molecule has 0 aliphatic carbocycles. The number of rotatable bonds is 7. The van der Waals surface area contributed by atoms with Crippen LogP contribution in [0.2, 0.25) is 0 Å². The Labute approximate surface area is 155 Å². The Morgan fingerprint density at radius 1 is 1.15 bits per heavy atom. The number of benzene rings is 2. The van der Waals surface area contributed by atoms with E-state index in [0.717, 1.165) is 0 Å². The number of sulfonamides is 1. The average molecular weight is 392 g/mol. The maximum atomic E-state index is 13.8. The second-order valence-corrected chi connectivity index (χ2v) is 8.07. The standard InChI is InChI=1S/C18H17FN2O3S2/c1-24-14-6-8-15(9-7-14)26(22,23)20-11-10-13-12-25-18(21-13)16-4-2-3-5-17(16)19/h2-9,12,20H,10-11H2,1H3. The van der Waals surface area contributed by atoms with E-state index < -0.39 is 10.0 Å². The lowest BCUT2D eigenvalue weighted by molar-refractivity contribution is 0.414. The molecule has 1 heterocycles. The topological polar surface area (TPSA) is 68.3 Å². The van der Waals surface area contributed by atoms with Gasteiger partial charge in [0.05, 0.1) is 17.7 Å². The molecule has 0 amide bonds. The summed E-state index contributed by atoms with van der Waals surface area (Å²) in [5.41, 5.74) is 1.16. The molecule has 0 unspecified atom stereocenters. The third kappa shape index (κ3) is 4.27. The Balaban J connectivity index is 1.62. The van der Waals surface area contributed by atoms with Crippen molar-refractivity contribution in [3.63, 3.8) is 0 Å². The van der Waals surface area contributed by atoms with Crippen LogP contribution in [0.4, 0.5) is 4.39 Å². The second-order valence-electron chi connectivity index (χ2n) is 5.45. The maximum absolute atomic E-state index is 13.8. The summed E-state index contributed by atoms with van der Waals surface area (Å²) in [6.45, 7) is 0.203. The quantitative estimate of drug-likeness (QED) is 0.668. The van der Waals surface area contributed by atoms with Gasteiger partial charge in [-0.3, -0.25) is 0 Å². The minimum atomic E-state index is -3.60. The number of methoxy groups -OCH3 is 1. The van der Waals surface area contributed by atoms with Gasteiger partial charge in [0.15, 0.2) is 0 Å². The summed E-state index contributed by atoms with van der Waals surface area (Å²) in [4.78, 5) is 4.55. The van der Waals surface area contributed by atoms with E-state index in [1.165, 1.54) is 36.6 Å². The van der Waals surface area contributed by atoms with Gasteiger partial charge < -0.3 is 4.74 Å². The molecule has 0 fully saturated rings. The van der Waals surface area contributed by atoms with Crippen molar-refractivity contribution < 1.29 is 17.5 Å². The summed E-state index contributed by atoms with van der Waals surface area (Å²) >= 11 is 1.33. The highest BCUT2D eigenvalue weighted by Gasteiger charge is 2.14. The van der Waals surface area contributed by atoms with Crippen molar-refractivity contribution in [1.82, 2.24) is 9.71 Å². The molecule has 0 radical (unpaired) electrons. The lowest BCUT2D eigenvalue weighted by atomic mass is 10.2. The highest BCUT2D eigenvalue weighted by atomic mass is 32.2. The number of hydrogen-bond acceptors (Lipinski definition) is 5. The smallest absolute Gasteiger partial charge is 0.240 e. The normalized spacial score (nSPS) is 11.5. The van der Waals surface area contributed by atoms with Gasteiger partial charge in [-0.1, -0.05) is 12.1 Å². The highest BCUT2D eigenvalue weighted by Crippen LogP contribution is 2.26. The minimum Gasteiger partial charge on any atom is -0.497 e. The third-order valence-corrected chi connectivity index (χ3v) is 6.10. The van der Waals surface area contributed by atoms with E-state index in [9.17, 15) is 12.8 Å². The van der Waals surface area contributed by atoms with Gasteiger partial charge in [0, 0.05) is 23.9 Å². The molecule has 0 aliphatic heterocycles. The Bertz CT molecular complexity index is 986. The summed E-state index contributed by atoms with van der Waals surface area (Å²) in [7, 11) is -2.08. The monoisotopic (exact) mass is 392 g/mol. The summed E-state index contributed by atoms with van der Waals surface area (Å²) in [5, 5.41) is 2.39. The van der Waals surface area contributed by atoms with E-state index in [-0.39, 0.29) is 17.3 Å². The third-order valence-electron chi connectivity index (χ3n) is 3.70. The molecule has 8 heteroatoms. The molecule has 0 atom stereocenters. The number of halogens is 1. The minimum absolute atomic E-state index is 0.170. The molecule has 0 saturated heterocycles. The van der Waals surface area contributed by atoms with Gasteiger partial charge in [-0.25, -0.2) is 22.5 Å². The molecule has 1 aromatic heterocycles. The number of thiazole rings is 1. The average Bonchev–Trinajstić information content (AvgIpc) is 3.10. The molecular weight excluding hydrogens is 375 g/mol. The molecule has 136 valence electrons. The van der Waals surface area contributed by atoms with E-state index in [0.29, 0.717) is 28.4 Å². The fourth-order valence-corrected chi connectivity index (χ4v) is 4.24. The van der Waals surface area contributed by atoms with Gasteiger partial charge in [0.2, 0.25) is 10.0 Å². The fourth-order valence-electron chi connectivity index (χ4n) is 2.33. The van der Waals surface area contributed by atoms with Gasteiger partial charge in [0.1, 0.15) is 16.6 Å². The number of aromatic nitrogens is 1. The van der Waals surface area contributed by atoms with Crippen LogP contribution in [0.15, 0.2) is 58.8 Å². The molecule has 1 N–H and O–H groups in total. The van der Waals surface area contributed by atoms with E-state index in [4.69, 9.17) is 4.74 Å². The SMILES string of the molecule is COc1ccc(S(=O)(=O)NCCc2csc(-c3ccccc3F)n2)cc1. The molecule has 0 aliphatic rings. The summed E-state index contributed by atoms with van der Waals surface area (Å²) in [6, 6.07) is 12.6. The number of nitrogens with one attached hydrogen (secondary N) is 1. The van der Waals surface area contributed by atoms with Crippen LogP contribution in [0.5, 0.6) is 5.75 Å². The summed E-state index contributed by atoms with van der Waals surface area (Å²) < 4.78 is 45.9. The van der Waals surface area contributed by atoms with Gasteiger partial charge in [-0.15, -0.1) is 11.3 Å². The van der Waals surface area contributed by atoms with Crippen LogP contribution in [-0.2, 0) is 16.4 Å². The Morgan fingerprint density at radius 3 is 2.58 bits per heavy atom. The van der Waals surface area contributed by atoms with Crippen LogP contribution >= 0.6 is 11.3 Å². The molecule has 3 aromatic rings. The predicted molar refractivity (Wildman–Crippen MR) is 99.4 cm³/mol. The van der Waals surface area contributed by atoms with E-state index in [1.807, 2.05) is 5.38 Å². The van der Waals surface area contributed by atoms with Crippen molar-refractivity contribution in [2.24, 2.45) is 0 Å². The van der Waals surface area contributed by atoms with Crippen molar-refractivity contribution in [3.8, 4) is 16.3 Å². The van der Waals surface area contributed by atoms with E-state index >= 15 is 0 Å². The molecule has 3 rings (SSSR count). The maximum Gasteiger partial charge on any atom is 0.240 e. The molecule has 0 spiro atoms. The zero-order valence-electron chi connectivity index (χ0n) is 14.0. The number of nitrogens with zero attached hydrogens (tertiary/aromatic N) is 1. The first-order valence-electron chi connectivity index (χ1n) is 7.82. The van der Waals surface area contributed by atoms with Crippen molar-refractivity contribution >= 4 is 21.4 Å². The summed E-state index contributed by atoms with van der Waals surface area (Å²) in [5.74, 6) is 0.265. The van der Waals surface area contributed by atoms with Gasteiger partial charge >= 0.3 is 0 Å². The molecule has 5 nitrogen and oxygen atoms in total.